The number of pyridine rings is 1. The molecule has 30 heavy (non-hydrogen) atoms. The number of amides is 1. The van der Waals surface area contributed by atoms with E-state index in [1.165, 1.54) is 6.20 Å². The molecule has 1 unspecified atom stereocenters. The second-order valence-electron chi connectivity index (χ2n) is 7.16. The molecule has 0 bridgehead atoms. The average molecular weight is 424 g/mol. The predicted molar refractivity (Wildman–Crippen MR) is 119 cm³/mol. The smallest absolute Gasteiger partial charge is 0.278 e. The number of nitrogens with zero attached hydrogens (tertiary/aromatic N) is 4. The number of hydrogen-bond donors (Lipinski definition) is 3. The number of nitrogens with one attached hydrogen (secondary N) is 1. The summed E-state index contributed by atoms with van der Waals surface area (Å²) < 4.78 is 0. The van der Waals surface area contributed by atoms with Gasteiger partial charge in [-0.15, -0.1) is 0 Å². The van der Waals surface area contributed by atoms with Gasteiger partial charge in [0.15, 0.2) is 11.5 Å². The lowest BCUT2D eigenvalue weighted by molar-refractivity contribution is 0.102. The van der Waals surface area contributed by atoms with Crippen molar-refractivity contribution in [2.24, 2.45) is 5.73 Å². The molecule has 0 radical (unpaired) electrons. The van der Waals surface area contributed by atoms with Crippen molar-refractivity contribution in [2.75, 3.05) is 29.0 Å². The van der Waals surface area contributed by atoms with Crippen molar-refractivity contribution in [3.05, 3.63) is 59.6 Å². The van der Waals surface area contributed by atoms with Crippen LogP contribution in [-0.4, -0.2) is 40.0 Å². The van der Waals surface area contributed by atoms with Crippen molar-refractivity contribution in [2.45, 2.75) is 18.9 Å². The van der Waals surface area contributed by atoms with Gasteiger partial charge in [0.1, 0.15) is 0 Å². The Morgan fingerprint density at radius 2 is 2.07 bits per heavy atom. The Bertz CT molecular complexity index is 1070. The van der Waals surface area contributed by atoms with Gasteiger partial charge in [0.25, 0.3) is 5.91 Å². The molecule has 1 aliphatic heterocycles. The van der Waals surface area contributed by atoms with E-state index in [2.05, 4.69) is 25.2 Å². The van der Waals surface area contributed by atoms with Crippen LogP contribution < -0.4 is 21.7 Å². The van der Waals surface area contributed by atoms with Gasteiger partial charge in [-0.3, -0.25) is 9.78 Å². The molecule has 0 spiro atoms. The lowest BCUT2D eigenvalue weighted by atomic mass is 10.1. The van der Waals surface area contributed by atoms with Gasteiger partial charge in [0.2, 0.25) is 0 Å². The third-order valence-electron chi connectivity index (χ3n) is 5.01. The van der Waals surface area contributed by atoms with E-state index >= 15 is 0 Å². The molecular weight excluding hydrogens is 402 g/mol. The number of benzene rings is 1. The molecule has 4 rings (SSSR count). The van der Waals surface area contributed by atoms with Gasteiger partial charge in [-0.25, -0.2) is 9.97 Å². The van der Waals surface area contributed by atoms with E-state index in [0.29, 0.717) is 22.0 Å². The number of hydrogen-bond acceptors (Lipinski definition) is 7. The molecule has 1 fully saturated rings. The first kappa shape index (κ1) is 20.1. The minimum atomic E-state index is -0.468. The Kier molecular flexibility index (Phi) is 5.78. The predicted octanol–water partition coefficient (Wildman–Crippen LogP) is 2.95. The van der Waals surface area contributed by atoms with Crippen molar-refractivity contribution in [1.82, 2.24) is 15.0 Å². The van der Waals surface area contributed by atoms with Crippen LogP contribution in [0.1, 0.15) is 23.3 Å². The van der Waals surface area contributed by atoms with Gasteiger partial charge in [-0.2, -0.15) is 0 Å². The number of anilines is 3. The highest BCUT2D eigenvalue weighted by Gasteiger charge is 2.22. The lowest BCUT2D eigenvalue weighted by Crippen LogP contribution is -2.43. The number of carbonyl (C=O) groups is 1. The molecule has 1 atom stereocenters. The van der Waals surface area contributed by atoms with E-state index in [0.717, 1.165) is 31.6 Å². The number of nitrogens with two attached hydrogens (primary N) is 2. The van der Waals surface area contributed by atoms with Gasteiger partial charge in [0, 0.05) is 30.9 Å². The Labute approximate surface area is 179 Å². The van der Waals surface area contributed by atoms with Crippen LogP contribution >= 0.6 is 11.6 Å². The summed E-state index contributed by atoms with van der Waals surface area (Å²) >= 11 is 6.26. The highest BCUT2D eigenvalue weighted by atomic mass is 35.5. The van der Waals surface area contributed by atoms with Crippen LogP contribution in [0.3, 0.4) is 0 Å². The van der Waals surface area contributed by atoms with Crippen molar-refractivity contribution in [3.63, 3.8) is 0 Å². The SMILES string of the molecule is Nc1ncc(-c2ccccc2Cl)nc1C(=O)Nc1cnccc1N1CCCC(N)C1. The normalized spacial score (nSPS) is 16.3. The third-order valence-corrected chi connectivity index (χ3v) is 5.34. The first-order chi connectivity index (χ1) is 14.5. The number of carbonyl (C=O) groups excluding carboxylic acids is 1. The van der Waals surface area contributed by atoms with Gasteiger partial charge >= 0.3 is 0 Å². The van der Waals surface area contributed by atoms with Crippen LogP contribution in [0.4, 0.5) is 17.2 Å². The largest absolute Gasteiger partial charge is 0.382 e. The Morgan fingerprint density at radius 3 is 2.87 bits per heavy atom. The number of halogens is 1. The highest BCUT2D eigenvalue weighted by molar-refractivity contribution is 6.33. The highest BCUT2D eigenvalue weighted by Crippen LogP contribution is 2.29. The maximum atomic E-state index is 13.0. The van der Waals surface area contributed by atoms with Crippen LogP contribution in [0.2, 0.25) is 5.02 Å². The Balaban J connectivity index is 1.62. The molecule has 9 heteroatoms. The standard InChI is InChI=1S/C21H22ClN7O/c22-15-6-2-1-5-14(15)16-11-26-20(24)19(27-16)21(30)28-17-10-25-8-7-18(17)29-9-3-4-13(23)12-29/h1-2,5-8,10-11,13H,3-4,9,12,23H2,(H2,24,26)(H,28,30). The van der Waals surface area contributed by atoms with Crippen LogP contribution in [0.5, 0.6) is 0 Å². The van der Waals surface area contributed by atoms with Crippen molar-refractivity contribution < 1.29 is 4.79 Å². The summed E-state index contributed by atoms with van der Waals surface area (Å²) in [5.41, 5.74) is 14.7. The van der Waals surface area contributed by atoms with Crippen molar-refractivity contribution in [1.29, 1.82) is 0 Å². The average Bonchev–Trinajstić information content (AvgIpc) is 2.75. The number of nitrogen functional groups attached to an aromatic ring is 1. The zero-order valence-electron chi connectivity index (χ0n) is 16.3. The monoisotopic (exact) mass is 423 g/mol. The minimum absolute atomic E-state index is 0.0255. The van der Waals surface area contributed by atoms with Gasteiger partial charge < -0.3 is 21.7 Å². The summed E-state index contributed by atoms with van der Waals surface area (Å²) in [6.45, 7) is 1.58. The summed E-state index contributed by atoms with van der Waals surface area (Å²) in [5, 5.41) is 3.39. The Hall–Kier alpha value is -3.23. The summed E-state index contributed by atoms with van der Waals surface area (Å²) in [7, 11) is 0. The molecule has 5 N–H and O–H groups in total. The van der Waals surface area contributed by atoms with Crippen molar-refractivity contribution >= 4 is 34.7 Å². The third kappa shape index (κ3) is 4.19. The van der Waals surface area contributed by atoms with E-state index in [-0.39, 0.29) is 17.6 Å². The molecule has 3 aromatic rings. The molecule has 1 saturated heterocycles. The summed E-state index contributed by atoms with van der Waals surface area (Å²) in [6, 6.07) is 9.18. The van der Waals surface area contributed by atoms with Crippen LogP contribution in [0.15, 0.2) is 48.9 Å². The first-order valence-electron chi connectivity index (χ1n) is 9.66. The second-order valence-corrected chi connectivity index (χ2v) is 7.57. The van der Waals surface area contributed by atoms with E-state index in [4.69, 9.17) is 23.1 Å². The fraction of sp³-hybridized carbons (Fsp3) is 0.238. The van der Waals surface area contributed by atoms with Crippen LogP contribution in [0.25, 0.3) is 11.3 Å². The van der Waals surface area contributed by atoms with Gasteiger partial charge in [0.05, 0.1) is 34.5 Å². The molecule has 1 amide bonds. The van der Waals surface area contributed by atoms with Crippen LogP contribution in [-0.2, 0) is 0 Å². The summed E-state index contributed by atoms with van der Waals surface area (Å²) in [6.07, 6.45) is 6.78. The molecule has 1 aromatic carbocycles. The zero-order valence-corrected chi connectivity index (χ0v) is 17.0. The number of rotatable bonds is 4. The molecular formula is C21H22ClN7O. The lowest BCUT2D eigenvalue weighted by Gasteiger charge is -2.33. The van der Waals surface area contributed by atoms with E-state index < -0.39 is 5.91 Å². The maximum absolute atomic E-state index is 13.0. The number of aromatic nitrogens is 3. The topological polar surface area (TPSA) is 123 Å². The Morgan fingerprint density at radius 1 is 1.23 bits per heavy atom. The molecule has 1 aliphatic rings. The molecule has 154 valence electrons. The van der Waals surface area contributed by atoms with Crippen LogP contribution in [0, 0.1) is 0 Å². The molecule has 3 heterocycles. The van der Waals surface area contributed by atoms with Gasteiger partial charge in [-0.05, 0) is 25.0 Å². The fourth-order valence-corrected chi connectivity index (χ4v) is 3.77. The zero-order chi connectivity index (χ0) is 21.1. The van der Waals surface area contributed by atoms with Crippen molar-refractivity contribution in [3.8, 4) is 11.3 Å². The molecule has 0 aliphatic carbocycles. The van der Waals surface area contributed by atoms with E-state index in [1.54, 1.807) is 18.5 Å². The second kappa shape index (κ2) is 8.64. The molecule has 2 aromatic heterocycles. The molecule has 8 nitrogen and oxygen atoms in total. The fourth-order valence-electron chi connectivity index (χ4n) is 3.53. The van der Waals surface area contributed by atoms with Gasteiger partial charge in [-0.1, -0.05) is 29.8 Å². The summed E-state index contributed by atoms with van der Waals surface area (Å²) in [5.74, 6) is -0.432. The van der Waals surface area contributed by atoms with E-state index in [9.17, 15) is 4.79 Å². The number of piperidine rings is 1. The molecule has 0 saturated carbocycles. The quantitative estimate of drug-likeness (QED) is 0.589. The first-order valence-corrected chi connectivity index (χ1v) is 10.0. The maximum Gasteiger partial charge on any atom is 0.278 e. The summed E-state index contributed by atoms with van der Waals surface area (Å²) in [4.78, 5) is 27.9. The van der Waals surface area contributed by atoms with E-state index in [1.807, 2.05) is 24.3 Å². The minimum Gasteiger partial charge on any atom is -0.382 e.